The van der Waals surface area contributed by atoms with E-state index in [-0.39, 0.29) is 11.9 Å². The van der Waals surface area contributed by atoms with Crippen LogP contribution in [-0.4, -0.2) is 43.2 Å². The Morgan fingerprint density at radius 1 is 1.27 bits per heavy atom. The van der Waals surface area contributed by atoms with Gasteiger partial charge in [0, 0.05) is 43.8 Å². The van der Waals surface area contributed by atoms with Crippen LogP contribution in [0.1, 0.15) is 40.4 Å². The van der Waals surface area contributed by atoms with Crippen LogP contribution in [0.4, 0.5) is 0 Å². The second-order valence-corrected chi connectivity index (χ2v) is 6.98. The summed E-state index contributed by atoms with van der Waals surface area (Å²) in [6, 6.07) is 8.16. The first-order valence-corrected chi connectivity index (χ1v) is 9.04. The third-order valence-corrected chi connectivity index (χ3v) is 4.91. The lowest BCUT2D eigenvalue weighted by Crippen LogP contribution is -2.40. The predicted molar refractivity (Wildman–Crippen MR) is 98.9 cm³/mol. The van der Waals surface area contributed by atoms with E-state index in [4.69, 9.17) is 0 Å². The Bertz CT molecular complexity index is 866. The summed E-state index contributed by atoms with van der Waals surface area (Å²) in [5.41, 5.74) is 3.06. The summed E-state index contributed by atoms with van der Waals surface area (Å²) in [4.78, 5) is 18.9. The van der Waals surface area contributed by atoms with Gasteiger partial charge >= 0.3 is 0 Å². The quantitative estimate of drug-likeness (QED) is 0.728. The summed E-state index contributed by atoms with van der Waals surface area (Å²) >= 11 is 0. The van der Waals surface area contributed by atoms with Crippen molar-refractivity contribution in [1.82, 2.24) is 24.2 Å². The highest BCUT2D eigenvalue weighted by Gasteiger charge is 2.25. The number of carbonyl (C=O) groups is 1. The van der Waals surface area contributed by atoms with Crippen LogP contribution in [0.2, 0.25) is 0 Å². The first-order valence-electron chi connectivity index (χ1n) is 9.04. The Hall–Kier alpha value is -2.89. The van der Waals surface area contributed by atoms with Crippen LogP contribution in [-0.2, 0) is 6.54 Å². The minimum atomic E-state index is 0.104. The van der Waals surface area contributed by atoms with Gasteiger partial charge < -0.3 is 9.47 Å². The fraction of sp³-hybridized carbons (Fsp3) is 0.350. The highest BCUT2D eigenvalue weighted by molar-refractivity contribution is 5.94. The van der Waals surface area contributed by atoms with E-state index in [9.17, 15) is 4.79 Å². The molecular formula is C20H23N5O. The smallest absolute Gasteiger partial charge is 0.253 e. The third kappa shape index (κ3) is 3.54. The van der Waals surface area contributed by atoms with Crippen molar-refractivity contribution in [1.29, 1.82) is 0 Å². The van der Waals surface area contributed by atoms with Gasteiger partial charge in [0.2, 0.25) is 0 Å². The van der Waals surface area contributed by atoms with Crippen molar-refractivity contribution in [2.24, 2.45) is 0 Å². The molecule has 6 nitrogen and oxygen atoms in total. The fourth-order valence-corrected chi connectivity index (χ4v) is 3.51. The number of hydrogen-bond acceptors (Lipinski definition) is 3. The molecule has 134 valence electrons. The molecule has 2 aromatic heterocycles. The van der Waals surface area contributed by atoms with E-state index in [2.05, 4.69) is 16.3 Å². The number of nitrogens with zero attached hydrogens (tertiary/aromatic N) is 5. The zero-order valence-corrected chi connectivity index (χ0v) is 15.0. The lowest BCUT2D eigenvalue weighted by molar-refractivity contribution is 0.0673. The van der Waals surface area contributed by atoms with Crippen molar-refractivity contribution in [3.8, 4) is 0 Å². The van der Waals surface area contributed by atoms with Crippen LogP contribution in [0, 0.1) is 6.92 Å². The lowest BCUT2D eigenvalue weighted by atomic mass is 10.0. The summed E-state index contributed by atoms with van der Waals surface area (Å²) in [5, 5.41) is 4.42. The summed E-state index contributed by atoms with van der Waals surface area (Å²) < 4.78 is 4.02. The van der Waals surface area contributed by atoms with Gasteiger partial charge in [-0.2, -0.15) is 5.10 Å². The van der Waals surface area contributed by atoms with Crippen molar-refractivity contribution >= 4 is 5.91 Å². The Kier molecular flexibility index (Phi) is 4.56. The van der Waals surface area contributed by atoms with Crippen LogP contribution in [0.5, 0.6) is 0 Å². The van der Waals surface area contributed by atoms with Gasteiger partial charge in [0.25, 0.3) is 5.91 Å². The molecule has 1 amide bonds. The normalized spacial score (nSPS) is 17.4. The Labute approximate surface area is 153 Å². The van der Waals surface area contributed by atoms with Gasteiger partial charge in [-0.3, -0.25) is 9.48 Å². The van der Waals surface area contributed by atoms with Crippen molar-refractivity contribution in [2.75, 3.05) is 13.1 Å². The molecule has 1 fully saturated rings. The molecule has 0 bridgehead atoms. The number of aromatic nitrogens is 4. The monoisotopic (exact) mass is 349 g/mol. The molecular weight excluding hydrogens is 326 g/mol. The zero-order chi connectivity index (χ0) is 17.9. The molecule has 1 aliphatic rings. The molecule has 1 saturated heterocycles. The number of carbonyl (C=O) groups excluding carboxylic acids is 1. The first-order chi connectivity index (χ1) is 12.7. The van der Waals surface area contributed by atoms with E-state index in [0.717, 1.165) is 49.2 Å². The summed E-state index contributed by atoms with van der Waals surface area (Å²) in [6.45, 7) is 4.34. The van der Waals surface area contributed by atoms with E-state index in [0.29, 0.717) is 0 Å². The molecule has 1 atom stereocenters. The maximum Gasteiger partial charge on any atom is 0.253 e. The average Bonchev–Trinajstić information content (AvgIpc) is 3.34. The molecule has 0 radical (unpaired) electrons. The summed E-state index contributed by atoms with van der Waals surface area (Å²) in [6.07, 6.45) is 11.5. The molecule has 3 heterocycles. The van der Waals surface area contributed by atoms with Crippen LogP contribution in [0.25, 0.3) is 0 Å². The molecule has 3 aromatic rings. The molecule has 1 aliphatic heterocycles. The van der Waals surface area contributed by atoms with Crippen molar-refractivity contribution in [3.63, 3.8) is 0 Å². The van der Waals surface area contributed by atoms with Crippen LogP contribution >= 0.6 is 0 Å². The number of likely N-dealkylation sites (tertiary alicyclic amines) is 1. The van der Waals surface area contributed by atoms with Crippen LogP contribution in [0.15, 0.2) is 55.4 Å². The Morgan fingerprint density at radius 3 is 2.81 bits per heavy atom. The molecule has 6 heteroatoms. The van der Waals surface area contributed by atoms with E-state index in [1.165, 1.54) is 0 Å². The van der Waals surface area contributed by atoms with E-state index >= 15 is 0 Å². The standard InChI is InChI=1S/C20H23N5O/c1-16-11-22-25(12-16)19-3-2-9-24(14-19)20(26)18-6-4-17(5-7-18)13-23-10-8-21-15-23/h4-8,10-12,15,19H,2-3,9,13-14H2,1H3/t19-/m0/s1. The third-order valence-electron chi connectivity index (χ3n) is 4.91. The Balaban J connectivity index is 1.43. The van der Waals surface area contributed by atoms with Gasteiger partial charge in [0.15, 0.2) is 0 Å². The van der Waals surface area contributed by atoms with E-state index < -0.39 is 0 Å². The number of hydrogen-bond donors (Lipinski definition) is 0. The van der Waals surface area contributed by atoms with E-state index in [1.54, 1.807) is 12.5 Å². The van der Waals surface area contributed by atoms with Gasteiger partial charge in [0.1, 0.15) is 0 Å². The minimum absolute atomic E-state index is 0.104. The van der Waals surface area contributed by atoms with Crippen molar-refractivity contribution < 1.29 is 4.79 Å². The van der Waals surface area contributed by atoms with Crippen LogP contribution in [0.3, 0.4) is 0 Å². The molecule has 0 unspecified atom stereocenters. The zero-order valence-electron chi connectivity index (χ0n) is 15.0. The molecule has 26 heavy (non-hydrogen) atoms. The highest BCUT2D eigenvalue weighted by Crippen LogP contribution is 2.23. The van der Waals surface area contributed by atoms with Crippen molar-refractivity contribution in [2.45, 2.75) is 32.4 Å². The SMILES string of the molecule is Cc1cnn([C@H]2CCCN(C(=O)c3ccc(Cn4ccnc4)cc3)C2)c1. The summed E-state index contributed by atoms with van der Waals surface area (Å²) in [5.74, 6) is 0.104. The molecule has 0 saturated carbocycles. The molecule has 0 N–H and O–H groups in total. The second-order valence-electron chi connectivity index (χ2n) is 6.98. The topological polar surface area (TPSA) is 56.0 Å². The lowest BCUT2D eigenvalue weighted by Gasteiger charge is -2.33. The first kappa shape index (κ1) is 16.6. The van der Waals surface area contributed by atoms with Gasteiger partial charge in [0.05, 0.1) is 18.6 Å². The number of amides is 1. The van der Waals surface area contributed by atoms with Gasteiger partial charge in [-0.1, -0.05) is 12.1 Å². The summed E-state index contributed by atoms with van der Waals surface area (Å²) in [7, 11) is 0. The molecule has 0 aliphatic carbocycles. The molecule has 0 spiro atoms. The number of imidazole rings is 1. The minimum Gasteiger partial charge on any atom is -0.337 e. The number of piperidine rings is 1. The molecule has 4 rings (SSSR count). The van der Waals surface area contributed by atoms with Gasteiger partial charge in [-0.25, -0.2) is 4.98 Å². The Morgan fingerprint density at radius 2 is 2.12 bits per heavy atom. The average molecular weight is 349 g/mol. The van der Waals surface area contributed by atoms with Gasteiger partial charge in [-0.15, -0.1) is 0 Å². The fourth-order valence-electron chi connectivity index (χ4n) is 3.51. The predicted octanol–water partition coefficient (Wildman–Crippen LogP) is 2.91. The largest absolute Gasteiger partial charge is 0.337 e. The number of rotatable bonds is 4. The van der Waals surface area contributed by atoms with Crippen molar-refractivity contribution in [3.05, 3.63) is 72.1 Å². The maximum atomic E-state index is 12.9. The van der Waals surface area contributed by atoms with Crippen LogP contribution < -0.4 is 0 Å². The van der Waals surface area contributed by atoms with E-state index in [1.807, 2.05) is 57.7 Å². The maximum absolute atomic E-state index is 12.9. The van der Waals surface area contributed by atoms with Gasteiger partial charge in [-0.05, 0) is 43.0 Å². The molecule has 1 aromatic carbocycles. The number of benzene rings is 1. The second kappa shape index (κ2) is 7.15. The number of aryl methyl sites for hydroxylation is 1. The highest BCUT2D eigenvalue weighted by atomic mass is 16.2.